The first kappa shape index (κ1) is 12.5. The molecule has 0 saturated heterocycles. The second-order valence-corrected chi connectivity index (χ2v) is 4.21. The fourth-order valence-electron chi connectivity index (χ4n) is 2.01. The van der Waals surface area contributed by atoms with Gasteiger partial charge in [0.2, 0.25) is 5.95 Å². The molecule has 96 valence electrons. The molecule has 0 fully saturated rings. The summed E-state index contributed by atoms with van der Waals surface area (Å²) in [5.74, 6) is 1.69. The second kappa shape index (κ2) is 5.16. The molecular formula is C13H19N5. The first-order valence-electron chi connectivity index (χ1n) is 6.29. The van der Waals surface area contributed by atoms with E-state index in [1.807, 2.05) is 26.8 Å². The minimum atomic E-state index is 0.815. The second-order valence-electron chi connectivity index (χ2n) is 4.21. The topological polar surface area (TPSA) is 55.6 Å². The Morgan fingerprint density at radius 3 is 2.56 bits per heavy atom. The predicted octanol–water partition coefficient (Wildman–Crippen LogP) is 2.41. The molecule has 18 heavy (non-hydrogen) atoms. The van der Waals surface area contributed by atoms with Gasteiger partial charge in [0, 0.05) is 30.0 Å². The lowest BCUT2D eigenvalue weighted by Crippen LogP contribution is -2.07. The summed E-state index contributed by atoms with van der Waals surface area (Å²) in [6.07, 6.45) is 0. The Bertz CT molecular complexity index is 544. The maximum absolute atomic E-state index is 4.48. The molecule has 0 aliphatic rings. The van der Waals surface area contributed by atoms with Crippen LogP contribution in [-0.4, -0.2) is 26.3 Å². The maximum Gasteiger partial charge on any atom is 0.224 e. The molecule has 2 aromatic heterocycles. The zero-order chi connectivity index (χ0) is 13.1. The van der Waals surface area contributed by atoms with E-state index in [-0.39, 0.29) is 0 Å². The summed E-state index contributed by atoms with van der Waals surface area (Å²) in [7, 11) is 0. The van der Waals surface area contributed by atoms with Gasteiger partial charge < -0.3 is 5.32 Å². The number of pyridine rings is 1. The van der Waals surface area contributed by atoms with E-state index < -0.39 is 0 Å². The number of aryl methyl sites for hydroxylation is 2. The van der Waals surface area contributed by atoms with E-state index in [0.717, 1.165) is 41.8 Å². The minimum absolute atomic E-state index is 0.815. The average molecular weight is 245 g/mol. The summed E-state index contributed by atoms with van der Waals surface area (Å²) in [6.45, 7) is 9.80. The molecule has 0 saturated carbocycles. The van der Waals surface area contributed by atoms with Gasteiger partial charge in [-0.3, -0.25) is 9.55 Å². The van der Waals surface area contributed by atoms with Crippen molar-refractivity contribution < 1.29 is 0 Å². The Labute approximate surface area is 107 Å². The zero-order valence-corrected chi connectivity index (χ0v) is 11.4. The summed E-state index contributed by atoms with van der Waals surface area (Å²) in [5, 5.41) is 11.7. The number of rotatable bonds is 4. The average Bonchev–Trinajstić information content (AvgIpc) is 2.72. The molecule has 5 heteroatoms. The van der Waals surface area contributed by atoms with Gasteiger partial charge in [-0.1, -0.05) is 0 Å². The Hall–Kier alpha value is -1.91. The SMILES string of the molecule is CCNc1nnc(-c2ccc(C)nc2C)n1CC. The minimum Gasteiger partial charge on any atom is -0.355 e. The van der Waals surface area contributed by atoms with Crippen LogP contribution >= 0.6 is 0 Å². The summed E-state index contributed by atoms with van der Waals surface area (Å²) in [5.41, 5.74) is 3.05. The molecule has 0 bridgehead atoms. The van der Waals surface area contributed by atoms with E-state index in [1.165, 1.54) is 0 Å². The van der Waals surface area contributed by atoms with Crippen molar-refractivity contribution >= 4 is 5.95 Å². The summed E-state index contributed by atoms with van der Waals surface area (Å²) < 4.78 is 2.07. The third-order valence-electron chi connectivity index (χ3n) is 2.87. The quantitative estimate of drug-likeness (QED) is 0.898. The van der Waals surface area contributed by atoms with Crippen LogP contribution in [0.2, 0.25) is 0 Å². The van der Waals surface area contributed by atoms with Gasteiger partial charge in [-0.05, 0) is 39.8 Å². The largest absolute Gasteiger partial charge is 0.355 e. The van der Waals surface area contributed by atoms with Crippen molar-refractivity contribution in [3.05, 3.63) is 23.5 Å². The van der Waals surface area contributed by atoms with E-state index >= 15 is 0 Å². The van der Waals surface area contributed by atoms with Crippen LogP contribution in [0.3, 0.4) is 0 Å². The molecule has 1 N–H and O–H groups in total. The molecule has 0 aliphatic heterocycles. The molecule has 0 unspecified atom stereocenters. The molecule has 5 nitrogen and oxygen atoms in total. The van der Waals surface area contributed by atoms with Crippen LogP contribution in [0.1, 0.15) is 25.2 Å². The highest BCUT2D eigenvalue weighted by atomic mass is 15.3. The van der Waals surface area contributed by atoms with Gasteiger partial charge in [-0.25, -0.2) is 0 Å². The first-order valence-corrected chi connectivity index (χ1v) is 6.29. The lowest BCUT2D eigenvalue weighted by atomic mass is 10.1. The number of hydrogen-bond donors (Lipinski definition) is 1. The van der Waals surface area contributed by atoms with E-state index in [0.29, 0.717) is 0 Å². The van der Waals surface area contributed by atoms with E-state index in [9.17, 15) is 0 Å². The number of aromatic nitrogens is 4. The van der Waals surface area contributed by atoms with Crippen molar-refractivity contribution in [2.24, 2.45) is 0 Å². The summed E-state index contributed by atoms with van der Waals surface area (Å²) in [4.78, 5) is 4.48. The van der Waals surface area contributed by atoms with Gasteiger partial charge >= 0.3 is 0 Å². The van der Waals surface area contributed by atoms with Gasteiger partial charge in [0.15, 0.2) is 5.82 Å². The van der Waals surface area contributed by atoms with E-state index in [4.69, 9.17) is 0 Å². The Kier molecular flexibility index (Phi) is 3.60. The molecule has 0 spiro atoms. The predicted molar refractivity (Wildman–Crippen MR) is 72.6 cm³/mol. The molecule has 2 rings (SSSR count). The van der Waals surface area contributed by atoms with Gasteiger partial charge in [-0.2, -0.15) is 0 Å². The molecule has 0 amide bonds. The van der Waals surface area contributed by atoms with Crippen LogP contribution in [0.15, 0.2) is 12.1 Å². The standard InChI is InChI=1S/C13H19N5/c1-5-14-13-17-16-12(18(13)6-2)11-8-7-9(3)15-10(11)4/h7-8H,5-6H2,1-4H3,(H,14,17). The van der Waals surface area contributed by atoms with Gasteiger partial charge in [0.25, 0.3) is 0 Å². The molecular weight excluding hydrogens is 226 g/mol. The third kappa shape index (κ3) is 2.20. The third-order valence-corrected chi connectivity index (χ3v) is 2.87. The highest BCUT2D eigenvalue weighted by Crippen LogP contribution is 2.23. The smallest absolute Gasteiger partial charge is 0.224 e. The molecule has 0 aromatic carbocycles. The van der Waals surface area contributed by atoms with Gasteiger partial charge in [-0.15, -0.1) is 10.2 Å². The maximum atomic E-state index is 4.48. The fraction of sp³-hybridized carbons (Fsp3) is 0.462. The van der Waals surface area contributed by atoms with Crippen molar-refractivity contribution in [2.75, 3.05) is 11.9 Å². The number of anilines is 1. The van der Waals surface area contributed by atoms with Crippen molar-refractivity contribution in [3.63, 3.8) is 0 Å². The number of nitrogens with one attached hydrogen (secondary N) is 1. The normalized spacial score (nSPS) is 10.7. The Morgan fingerprint density at radius 1 is 1.17 bits per heavy atom. The molecule has 0 atom stereocenters. The number of hydrogen-bond acceptors (Lipinski definition) is 4. The van der Waals surface area contributed by atoms with Crippen molar-refractivity contribution in [3.8, 4) is 11.4 Å². The lowest BCUT2D eigenvalue weighted by molar-refractivity contribution is 0.769. The molecule has 2 heterocycles. The van der Waals surface area contributed by atoms with Crippen LogP contribution in [0, 0.1) is 13.8 Å². The fourth-order valence-corrected chi connectivity index (χ4v) is 2.01. The van der Waals surface area contributed by atoms with Crippen LogP contribution in [0.5, 0.6) is 0 Å². The molecule has 2 aromatic rings. The first-order chi connectivity index (χ1) is 8.67. The zero-order valence-electron chi connectivity index (χ0n) is 11.4. The lowest BCUT2D eigenvalue weighted by Gasteiger charge is -2.09. The van der Waals surface area contributed by atoms with Crippen LogP contribution in [-0.2, 0) is 6.54 Å². The van der Waals surface area contributed by atoms with E-state index in [1.54, 1.807) is 0 Å². The highest BCUT2D eigenvalue weighted by molar-refractivity contribution is 5.60. The van der Waals surface area contributed by atoms with E-state index in [2.05, 4.69) is 38.1 Å². The molecule has 0 aliphatic carbocycles. The highest BCUT2D eigenvalue weighted by Gasteiger charge is 2.14. The van der Waals surface area contributed by atoms with Gasteiger partial charge in [0.05, 0.1) is 0 Å². The monoisotopic (exact) mass is 245 g/mol. The molecule has 0 radical (unpaired) electrons. The van der Waals surface area contributed by atoms with Crippen LogP contribution < -0.4 is 5.32 Å². The summed E-state index contributed by atoms with van der Waals surface area (Å²) >= 11 is 0. The summed E-state index contributed by atoms with van der Waals surface area (Å²) in [6, 6.07) is 4.06. The van der Waals surface area contributed by atoms with Gasteiger partial charge in [0.1, 0.15) is 0 Å². The van der Waals surface area contributed by atoms with Crippen molar-refractivity contribution in [1.82, 2.24) is 19.7 Å². The van der Waals surface area contributed by atoms with Crippen molar-refractivity contribution in [1.29, 1.82) is 0 Å². The Morgan fingerprint density at radius 2 is 1.94 bits per heavy atom. The van der Waals surface area contributed by atoms with Crippen LogP contribution in [0.4, 0.5) is 5.95 Å². The Balaban J connectivity index is 2.50. The van der Waals surface area contributed by atoms with Crippen LogP contribution in [0.25, 0.3) is 11.4 Å². The van der Waals surface area contributed by atoms with Crippen molar-refractivity contribution in [2.45, 2.75) is 34.2 Å². The number of nitrogens with zero attached hydrogens (tertiary/aromatic N) is 4.